The molecule has 2 rings (SSSR count). The molecule has 5 nitrogen and oxygen atoms in total. The van der Waals surface area contributed by atoms with E-state index in [0.29, 0.717) is 5.56 Å². The number of thiophene rings is 1. The first-order valence-corrected chi connectivity index (χ1v) is 7.36. The third-order valence-electron chi connectivity index (χ3n) is 3.03. The van der Waals surface area contributed by atoms with Gasteiger partial charge in [-0.1, -0.05) is 0 Å². The number of carbonyl (C=O) groups is 2. The highest BCUT2D eigenvalue weighted by Gasteiger charge is 2.13. The van der Waals surface area contributed by atoms with Gasteiger partial charge in [0, 0.05) is 11.9 Å². The number of aromatic nitrogens is 1. The lowest BCUT2D eigenvalue weighted by atomic mass is 10.1. The molecule has 110 valence electrons. The van der Waals surface area contributed by atoms with E-state index in [4.69, 9.17) is 5.11 Å². The second-order valence-corrected chi connectivity index (χ2v) is 5.73. The van der Waals surface area contributed by atoms with Crippen LogP contribution in [0.5, 0.6) is 0 Å². The Bertz CT molecular complexity index is 666. The molecule has 0 aliphatic heterocycles. The Hall–Kier alpha value is -2.21. The Balaban J connectivity index is 1.96. The third kappa shape index (κ3) is 4.13. The Kier molecular flexibility index (Phi) is 4.70. The maximum atomic E-state index is 12.0. The van der Waals surface area contributed by atoms with E-state index in [-0.39, 0.29) is 23.2 Å². The molecule has 0 bridgehead atoms. The van der Waals surface area contributed by atoms with E-state index in [2.05, 4.69) is 10.3 Å². The molecular weight excluding hydrogens is 288 g/mol. The fraction of sp³-hybridized carbons (Fsp3) is 0.267. The lowest BCUT2D eigenvalue weighted by Crippen LogP contribution is -2.28. The van der Waals surface area contributed by atoms with Gasteiger partial charge in [0.2, 0.25) is 5.91 Å². The molecule has 0 saturated heterocycles. The van der Waals surface area contributed by atoms with Crippen molar-refractivity contribution in [2.24, 2.45) is 0 Å². The highest BCUT2D eigenvalue weighted by molar-refractivity contribution is 7.12. The van der Waals surface area contributed by atoms with Crippen molar-refractivity contribution in [3.8, 4) is 0 Å². The lowest BCUT2D eigenvalue weighted by molar-refractivity contribution is -0.121. The summed E-state index contributed by atoms with van der Waals surface area (Å²) in [6, 6.07) is 5.22. The molecule has 0 aliphatic rings. The molecule has 0 aliphatic carbocycles. The summed E-state index contributed by atoms with van der Waals surface area (Å²) >= 11 is 1.13. The number of carboxylic acids is 1. The van der Waals surface area contributed by atoms with Crippen molar-refractivity contribution in [3.05, 3.63) is 51.5 Å². The van der Waals surface area contributed by atoms with E-state index < -0.39 is 5.97 Å². The van der Waals surface area contributed by atoms with E-state index in [1.165, 1.54) is 6.07 Å². The minimum Gasteiger partial charge on any atom is -0.477 e. The van der Waals surface area contributed by atoms with E-state index in [1.54, 1.807) is 11.6 Å². The largest absolute Gasteiger partial charge is 0.477 e. The number of hydrogen-bond acceptors (Lipinski definition) is 4. The molecule has 2 aromatic rings. The molecule has 0 aromatic carbocycles. The van der Waals surface area contributed by atoms with Gasteiger partial charge in [0.1, 0.15) is 4.88 Å². The van der Waals surface area contributed by atoms with Crippen molar-refractivity contribution in [2.75, 3.05) is 0 Å². The first-order chi connectivity index (χ1) is 9.95. The Morgan fingerprint density at radius 2 is 2.19 bits per heavy atom. The van der Waals surface area contributed by atoms with Crippen LogP contribution in [0.1, 0.15) is 39.5 Å². The monoisotopic (exact) mass is 304 g/mol. The molecule has 0 saturated carbocycles. The van der Waals surface area contributed by atoms with Crippen LogP contribution in [0.2, 0.25) is 0 Å². The normalized spacial score (nSPS) is 11.9. The predicted molar refractivity (Wildman–Crippen MR) is 80.5 cm³/mol. The van der Waals surface area contributed by atoms with Crippen molar-refractivity contribution < 1.29 is 14.7 Å². The van der Waals surface area contributed by atoms with Crippen LogP contribution >= 0.6 is 11.3 Å². The van der Waals surface area contributed by atoms with Gasteiger partial charge in [0.05, 0.1) is 12.5 Å². The maximum Gasteiger partial charge on any atom is 0.345 e. The van der Waals surface area contributed by atoms with Gasteiger partial charge in [0.15, 0.2) is 0 Å². The van der Waals surface area contributed by atoms with Gasteiger partial charge in [-0.25, -0.2) is 4.79 Å². The average Bonchev–Trinajstić information content (AvgIpc) is 2.87. The number of aryl methyl sites for hydroxylation is 1. The number of nitrogens with one attached hydrogen (secondary N) is 1. The van der Waals surface area contributed by atoms with Gasteiger partial charge >= 0.3 is 5.97 Å². The van der Waals surface area contributed by atoms with Crippen LogP contribution in [0.3, 0.4) is 0 Å². The molecule has 2 N–H and O–H groups in total. The zero-order chi connectivity index (χ0) is 15.4. The fourth-order valence-electron chi connectivity index (χ4n) is 1.98. The quantitative estimate of drug-likeness (QED) is 0.889. The summed E-state index contributed by atoms with van der Waals surface area (Å²) in [5, 5.41) is 13.5. The van der Waals surface area contributed by atoms with Gasteiger partial charge in [-0.3, -0.25) is 9.78 Å². The number of hydrogen-bond donors (Lipinski definition) is 2. The van der Waals surface area contributed by atoms with E-state index in [0.717, 1.165) is 22.6 Å². The molecule has 0 radical (unpaired) electrons. The summed E-state index contributed by atoms with van der Waals surface area (Å²) in [7, 11) is 0. The van der Waals surface area contributed by atoms with Crippen molar-refractivity contribution in [2.45, 2.75) is 26.3 Å². The van der Waals surface area contributed by atoms with Gasteiger partial charge in [-0.05, 0) is 48.6 Å². The van der Waals surface area contributed by atoms with Gasteiger partial charge in [0.25, 0.3) is 0 Å². The number of carboxylic acid groups (broad SMARTS) is 1. The molecule has 21 heavy (non-hydrogen) atoms. The van der Waals surface area contributed by atoms with E-state index in [1.807, 2.05) is 26.0 Å². The number of aromatic carboxylic acids is 1. The van der Waals surface area contributed by atoms with Gasteiger partial charge < -0.3 is 10.4 Å². The van der Waals surface area contributed by atoms with Crippen LogP contribution in [0, 0.1) is 6.92 Å². The summed E-state index contributed by atoms with van der Waals surface area (Å²) in [5.74, 6) is -1.10. The molecule has 0 fully saturated rings. The summed E-state index contributed by atoms with van der Waals surface area (Å²) < 4.78 is 0. The van der Waals surface area contributed by atoms with Crippen molar-refractivity contribution in [1.82, 2.24) is 10.3 Å². The van der Waals surface area contributed by atoms with E-state index in [9.17, 15) is 9.59 Å². The highest BCUT2D eigenvalue weighted by Crippen LogP contribution is 2.16. The second kappa shape index (κ2) is 6.49. The zero-order valence-electron chi connectivity index (χ0n) is 11.8. The number of carbonyl (C=O) groups excluding carboxylic acids is 1. The SMILES string of the molecule is Cc1cc(C(C)NC(=O)Cc2csc(C(=O)O)c2)ccn1. The molecule has 1 amide bonds. The summed E-state index contributed by atoms with van der Waals surface area (Å²) in [6.45, 7) is 3.81. The summed E-state index contributed by atoms with van der Waals surface area (Å²) in [6.07, 6.45) is 1.89. The van der Waals surface area contributed by atoms with Crippen molar-refractivity contribution >= 4 is 23.2 Å². The van der Waals surface area contributed by atoms with Gasteiger partial charge in [-0.2, -0.15) is 0 Å². The van der Waals surface area contributed by atoms with Crippen LogP contribution in [-0.2, 0) is 11.2 Å². The topological polar surface area (TPSA) is 79.3 Å². The first-order valence-electron chi connectivity index (χ1n) is 6.48. The molecule has 0 spiro atoms. The Labute approximate surface area is 126 Å². The molecule has 1 atom stereocenters. The van der Waals surface area contributed by atoms with Crippen molar-refractivity contribution in [3.63, 3.8) is 0 Å². The summed E-state index contributed by atoms with van der Waals surface area (Å²) in [4.78, 5) is 27.2. The highest BCUT2D eigenvalue weighted by atomic mass is 32.1. The maximum absolute atomic E-state index is 12.0. The minimum absolute atomic E-state index is 0.114. The molecule has 1 unspecified atom stereocenters. The molecule has 2 aromatic heterocycles. The Morgan fingerprint density at radius 1 is 1.43 bits per heavy atom. The molecule has 6 heteroatoms. The zero-order valence-corrected chi connectivity index (χ0v) is 12.6. The number of nitrogens with zero attached hydrogens (tertiary/aromatic N) is 1. The second-order valence-electron chi connectivity index (χ2n) is 4.82. The first kappa shape index (κ1) is 15.2. The number of pyridine rings is 1. The smallest absolute Gasteiger partial charge is 0.345 e. The van der Waals surface area contributed by atoms with Crippen LogP contribution in [0.4, 0.5) is 0 Å². The number of rotatable bonds is 5. The van der Waals surface area contributed by atoms with Gasteiger partial charge in [-0.15, -0.1) is 11.3 Å². The Morgan fingerprint density at radius 3 is 2.81 bits per heavy atom. The summed E-state index contributed by atoms with van der Waals surface area (Å²) in [5.41, 5.74) is 2.61. The number of amides is 1. The molecule has 2 heterocycles. The van der Waals surface area contributed by atoms with Crippen LogP contribution in [0.15, 0.2) is 29.8 Å². The van der Waals surface area contributed by atoms with Crippen LogP contribution in [-0.4, -0.2) is 22.0 Å². The lowest BCUT2D eigenvalue weighted by Gasteiger charge is -2.14. The van der Waals surface area contributed by atoms with Crippen molar-refractivity contribution in [1.29, 1.82) is 0 Å². The minimum atomic E-state index is -0.965. The van der Waals surface area contributed by atoms with E-state index >= 15 is 0 Å². The molecular formula is C15H16N2O3S. The predicted octanol–water partition coefficient (Wildman–Crippen LogP) is 2.57. The van der Waals surface area contributed by atoms with Crippen LogP contribution < -0.4 is 5.32 Å². The standard InChI is InChI=1S/C15H16N2O3S/c1-9-5-12(3-4-16-9)10(2)17-14(18)7-11-6-13(15(19)20)21-8-11/h3-6,8,10H,7H2,1-2H3,(H,17,18)(H,19,20). The third-order valence-corrected chi connectivity index (χ3v) is 3.99. The van der Waals surface area contributed by atoms with Crippen LogP contribution in [0.25, 0.3) is 0 Å². The fourth-order valence-corrected chi connectivity index (χ4v) is 2.73. The average molecular weight is 304 g/mol.